The van der Waals surface area contributed by atoms with Gasteiger partial charge >= 0.3 is 0 Å². The molecule has 1 fully saturated rings. The fourth-order valence-electron chi connectivity index (χ4n) is 2.37. The lowest BCUT2D eigenvalue weighted by molar-refractivity contribution is -0.118. The maximum Gasteiger partial charge on any atom is 0.235 e. The predicted molar refractivity (Wildman–Crippen MR) is 80.7 cm³/mol. The van der Waals surface area contributed by atoms with Gasteiger partial charge in [-0.2, -0.15) is 0 Å². The van der Waals surface area contributed by atoms with Crippen molar-refractivity contribution in [2.45, 2.75) is 25.4 Å². The molecule has 2 rings (SSSR count). The van der Waals surface area contributed by atoms with Gasteiger partial charge in [0.25, 0.3) is 0 Å². The zero-order valence-corrected chi connectivity index (χ0v) is 13.1. The molecule has 1 heterocycles. The van der Waals surface area contributed by atoms with E-state index in [0.29, 0.717) is 19.6 Å². The Morgan fingerprint density at radius 2 is 2.05 bits per heavy atom. The Morgan fingerprint density at radius 1 is 1.32 bits per heavy atom. The molecule has 7 heteroatoms. The summed E-state index contributed by atoms with van der Waals surface area (Å²) in [6, 6.07) is 5.97. The standard InChI is InChI=1S/C15H20FNO4S/c16-13-5-3-12(4-6-13)7-8-17-15(18)11-22(19,20)10-14-2-1-9-21-14/h3-6,14H,1-2,7-11H2,(H,17,18). The molecule has 1 aromatic rings. The van der Waals surface area contributed by atoms with Gasteiger partial charge in [0.2, 0.25) is 5.91 Å². The number of rotatable bonds is 7. The van der Waals surface area contributed by atoms with Crippen LogP contribution in [0.3, 0.4) is 0 Å². The highest BCUT2D eigenvalue weighted by molar-refractivity contribution is 7.92. The van der Waals surface area contributed by atoms with E-state index in [1.165, 1.54) is 12.1 Å². The average Bonchev–Trinajstić information content (AvgIpc) is 2.92. The summed E-state index contributed by atoms with van der Waals surface area (Å²) in [4.78, 5) is 11.7. The number of ether oxygens (including phenoxy) is 1. The zero-order valence-electron chi connectivity index (χ0n) is 12.3. The quantitative estimate of drug-likeness (QED) is 0.812. The first kappa shape index (κ1) is 16.9. The second-order valence-electron chi connectivity index (χ2n) is 5.42. The smallest absolute Gasteiger partial charge is 0.235 e. The number of nitrogens with one attached hydrogen (secondary N) is 1. The molecule has 1 saturated heterocycles. The van der Waals surface area contributed by atoms with Gasteiger partial charge in [-0.1, -0.05) is 12.1 Å². The summed E-state index contributed by atoms with van der Waals surface area (Å²) in [5, 5.41) is 2.57. The second kappa shape index (κ2) is 7.69. The van der Waals surface area contributed by atoms with E-state index in [9.17, 15) is 17.6 Å². The molecule has 1 unspecified atom stereocenters. The van der Waals surface area contributed by atoms with Crippen LogP contribution in [0.1, 0.15) is 18.4 Å². The SMILES string of the molecule is O=C(CS(=O)(=O)CC1CCCO1)NCCc1ccc(F)cc1. The minimum Gasteiger partial charge on any atom is -0.377 e. The molecule has 0 aromatic heterocycles. The molecule has 1 atom stereocenters. The Labute approximate surface area is 129 Å². The van der Waals surface area contributed by atoms with Crippen molar-refractivity contribution in [1.29, 1.82) is 0 Å². The van der Waals surface area contributed by atoms with Gasteiger partial charge < -0.3 is 10.1 Å². The van der Waals surface area contributed by atoms with Crippen molar-refractivity contribution in [3.05, 3.63) is 35.6 Å². The number of benzene rings is 1. The molecule has 5 nitrogen and oxygen atoms in total. The van der Waals surface area contributed by atoms with Gasteiger partial charge in [0.05, 0.1) is 11.9 Å². The summed E-state index contributed by atoms with van der Waals surface area (Å²) in [6.07, 6.45) is 1.84. The zero-order chi connectivity index (χ0) is 16.0. The van der Waals surface area contributed by atoms with Crippen molar-refractivity contribution in [2.75, 3.05) is 24.7 Å². The third kappa shape index (κ3) is 5.73. The lowest BCUT2D eigenvalue weighted by atomic mass is 10.1. The Balaban J connectivity index is 1.71. The highest BCUT2D eigenvalue weighted by Gasteiger charge is 2.25. The van der Waals surface area contributed by atoms with Crippen LogP contribution in [0, 0.1) is 5.82 Å². The van der Waals surface area contributed by atoms with Crippen LogP contribution in [0.2, 0.25) is 0 Å². The summed E-state index contributed by atoms with van der Waals surface area (Å²) in [6.45, 7) is 0.907. The second-order valence-corrected chi connectivity index (χ2v) is 7.53. The maximum absolute atomic E-state index is 12.7. The Morgan fingerprint density at radius 3 is 2.68 bits per heavy atom. The Hall–Kier alpha value is -1.47. The number of hydrogen-bond acceptors (Lipinski definition) is 4. The van der Waals surface area contributed by atoms with E-state index in [-0.39, 0.29) is 17.7 Å². The number of halogens is 1. The van der Waals surface area contributed by atoms with Crippen molar-refractivity contribution >= 4 is 15.7 Å². The van der Waals surface area contributed by atoms with Gasteiger partial charge in [-0.3, -0.25) is 4.79 Å². The van der Waals surface area contributed by atoms with Crippen LogP contribution >= 0.6 is 0 Å². The molecule has 22 heavy (non-hydrogen) atoms. The van der Waals surface area contributed by atoms with Crippen LogP contribution in [-0.2, 0) is 25.8 Å². The van der Waals surface area contributed by atoms with Crippen LogP contribution in [-0.4, -0.2) is 45.1 Å². The molecular weight excluding hydrogens is 309 g/mol. The largest absolute Gasteiger partial charge is 0.377 e. The number of carbonyl (C=O) groups excluding carboxylic acids is 1. The monoisotopic (exact) mass is 329 g/mol. The number of sulfone groups is 1. The number of carbonyl (C=O) groups is 1. The van der Waals surface area contributed by atoms with Crippen LogP contribution in [0.15, 0.2) is 24.3 Å². The van der Waals surface area contributed by atoms with Crippen LogP contribution in [0.4, 0.5) is 4.39 Å². The molecule has 1 aromatic carbocycles. The first-order valence-corrected chi connectivity index (χ1v) is 9.10. The molecule has 0 aliphatic carbocycles. The fraction of sp³-hybridized carbons (Fsp3) is 0.533. The third-order valence-corrected chi connectivity index (χ3v) is 5.05. The minimum absolute atomic E-state index is 0.0988. The molecule has 1 aliphatic heterocycles. The van der Waals surface area contributed by atoms with Crippen LogP contribution < -0.4 is 5.32 Å². The molecule has 1 amide bonds. The van der Waals surface area contributed by atoms with Crippen molar-refractivity contribution in [3.8, 4) is 0 Å². The molecule has 0 bridgehead atoms. The van der Waals surface area contributed by atoms with Crippen LogP contribution in [0.5, 0.6) is 0 Å². The molecule has 122 valence electrons. The molecule has 1 N–H and O–H groups in total. The number of hydrogen-bond donors (Lipinski definition) is 1. The molecule has 0 radical (unpaired) electrons. The van der Waals surface area contributed by atoms with Gasteiger partial charge in [-0.15, -0.1) is 0 Å². The summed E-state index contributed by atoms with van der Waals surface area (Å²) in [5.41, 5.74) is 0.879. The van der Waals surface area contributed by atoms with Crippen molar-refractivity contribution < 1.29 is 22.3 Å². The van der Waals surface area contributed by atoms with Gasteiger partial charge in [-0.25, -0.2) is 12.8 Å². The fourth-order valence-corrected chi connectivity index (χ4v) is 3.81. The highest BCUT2D eigenvalue weighted by atomic mass is 32.2. The van der Waals surface area contributed by atoms with E-state index in [4.69, 9.17) is 4.74 Å². The highest BCUT2D eigenvalue weighted by Crippen LogP contribution is 2.14. The van der Waals surface area contributed by atoms with E-state index in [2.05, 4.69) is 5.32 Å². The third-order valence-electron chi connectivity index (χ3n) is 3.46. The first-order chi connectivity index (χ1) is 10.4. The van der Waals surface area contributed by atoms with Crippen LogP contribution in [0.25, 0.3) is 0 Å². The molecule has 0 saturated carbocycles. The molecule has 0 spiro atoms. The lowest BCUT2D eigenvalue weighted by Crippen LogP contribution is -2.34. The van der Waals surface area contributed by atoms with Gasteiger partial charge in [0, 0.05) is 13.2 Å². The van der Waals surface area contributed by atoms with E-state index in [1.54, 1.807) is 12.1 Å². The lowest BCUT2D eigenvalue weighted by Gasteiger charge is -2.10. The maximum atomic E-state index is 12.7. The molecule has 1 aliphatic rings. The summed E-state index contributed by atoms with van der Waals surface area (Å²) < 4.78 is 41.8. The summed E-state index contributed by atoms with van der Waals surface area (Å²) in [7, 11) is -3.45. The topological polar surface area (TPSA) is 72.5 Å². The van der Waals surface area contributed by atoms with E-state index >= 15 is 0 Å². The van der Waals surface area contributed by atoms with Crippen molar-refractivity contribution in [3.63, 3.8) is 0 Å². The minimum atomic E-state index is -3.45. The first-order valence-electron chi connectivity index (χ1n) is 7.28. The summed E-state index contributed by atoms with van der Waals surface area (Å²) >= 11 is 0. The molecular formula is C15H20FNO4S. The average molecular weight is 329 g/mol. The van der Waals surface area contributed by atoms with E-state index < -0.39 is 21.5 Å². The van der Waals surface area contributed by atoms with Gasteiger partial charge in [-0.05, 0) is 37.0 Å². The van der Waals surface area contributed by atoms with Crippen molar-refractivity contribution in [1.82, 2.24) is 5.32 Å². The van der Waals surface area contributed by atoms with E-state index in [1.807, 2.05) is 0 Å². The Kier molecular flexibility index (Phi) is 5.90. The van der Waals surface area contributed by atoms with Gasteiger partial charge in [0.15, 0.2) is 9.84 Å². The summed E-state index contributed by atoms with van der Waals surface area (Å²) in [5.74, 6) is -1.44. The van der Waals surface area contributed by atoms with Gasteiger partial charge in [0.1, 0.15) is 11.6 Å². The number of amides is 1. The van der Waals surface area contributed by atoms with Crippen molar-refractivity contribution in [2.24, 2.45) is 0 Å². The normalized spacial score (nSPS) is 18.3. The predicted octanol–water partition coefficient (Wildman–Crippen LogP) is 1.08. The van der Waals surface area contributed by atoms with E-state index in [0.717, 1.165) is 18.4 Å². The Bertz CT molecular complexity index is 594.